The second-order valence-corrected chi connectivity index (χ2v) is 9.79. The van der Waals surface area contributed by atoms with Gasteiger partial charge in [0.05, 0.1) is 15.2 Å². The van der Waals surface area contributed by atoms with Gasteiger partial charge in [-0.05, 0) is 6.92 Å². The first-order valence-electron chi connectivity index (χ1n) is 6.39. The maximum Gasteiger partial charge on any atom is 0.335 e. The SMILES string of the molecule is C/C=C/[C@H]([C@H](O)C(=O)OC)[Si](C)(C)c1ccccc1. The van der Waals surface area contributed by atoms with Crippen LogP contribution in [-0.2, 0) is 9.53 Å². The zero-order chi connectivity index (χ0) is 14.5. The van der Waals surface area contributed by atoms with Gasteiger partial charge in [0.2, 0.25) is 0 Å². The van der Waals surface area contributed by atoms with Crippen LogP contribution in [0.5, 0.6) is 0 Å². The van der Waals surface area contributed by atoms with Crippen LogP contribution >= 0.6 is 0 Å². The average Bonchev–Trinajstić information content (AvgIpc) is 2.43. The third-order valence-corrected chi connectivity index (χ3v) is 7.53. The molecule has 0 bridgehead atoms. The molecular weight excluding hydrogens is 256 g/mol. The average molecular weight is 278 g/mol. The fraction of sp³-hybridized carbons (Fsp3) is 0.400. The number of hydrogen-bond acceptors (Lipinski definition) is 3. The van der Waals surface area contributed by atoms with Crippen molar-refractivity contribution >= 4 is 19.2 Å². The number of allylic oxidation sites excluding steroid dienone is 1. The second-order valence-electron chi connectivity index (χ2n) is 5.11. The van der Waals surface area contributed by atoms with E-state index in [2.05, 4.69) is 30.0 Å². The van der Waals surface area contributed by atoms with Crippen LogP contribution in [-0.4, -0.2) is 32.4 Å². The lowest BCUT2D eigenvalue weighted by Gasteiger charge is -2.33. The summed E-state index contributed by atoms with van der Waals surface area (Å²) in [5.41, 5.74) is -0.202. The summed E-state index contributed by atoms with van der Waals surface area (Å²) in [7, 11) is -0.709. The third kappa shape index (κ3) is 3.55. The first kappa shape index (κ1) is 15.7. The number of benzene rings is 1. The van der Waals surface area contributed by atoms with Crippen molar-refractivity contribution in [2.75, 3.05) is 7.11 Å². The van der Waals surface area contributed by atoms with E-state index >= 15 is 0 Å². The maximum atomic E-state index is 11.6. The van der Waals surface area contributed by atoms with Crippen LogP contribution in [0.3, 0.4) is 0 Å². The van der Waals surface area contributed by atoms with Gasteiger partial charge in [-0.25, -0.2) is 4.79 Å². The molecule has 2 atom stereocenters. The van der Waals surface area contributed by atoms with Gasteiger partial charge in [0, 0.05) is 5.54 Å². The van der Waals surface area contributed by atoms with Gasteiger partial charge in [-0.1, -0.05) is 60.8 Å². The van der Waals surface area contributed by atoms with E-state index in [0.717, 1.165) is 0 Å². The number of esters is 1. The van der Waals surface area contributed by atoms with Crippen molar-refractivity contribution in [2.45, 2.75) is 31.7 Å². The predicted octanol–water partition coefficient (Wildman–Crippen LogP) is 2.08. The third-order valence-electron chi connectivity index (χ3n) is 3.53. The number of aliphatic hydroxyl groups is 1. The molecule has 1 aromatic rings. The molecule has 0 unspecified atom stereocenters. The zero-order valence-electron chi connectivity index (χ0n) is 12.0. The van der Waals surface area contributed by atoms with Crippen molar-refractivity contribution in [1.82, 2.24) is 0 Å². The van der Waals surface area contributed by atoms with Crippen molar-refractivity contribution in [1.29, 1.82) is 0 Å². The predicted molar refractivity (Wildman–Crippen MR) is 80.1 cm³/mol. The van der Waals surface area contributed by atoms with Crippen LogP contribution in [0.4, 0.5) is 0 Å². The number of carbonyl (C=O) groups excluding carboxylic acids is 1. The van der Waals surface area contributed by atoms with E-state index in [9.17, 15) is 9.90 Å². The van der Waals surface area contributed by atoms with Crippen molar-refractivity contribution in [3.8, 4) is 0 Å². The molecule has 19 heavy (non-hydrogen) atoms. The van der Waals surface area contributed by atoms with Crippen LogP contribution in [0, 0.1) is 0 Å². The molecule has 0 amide bonds. The number of hydrogen-bond donors (Lipinski definition) is 1. The Bertz CT molecular complexity index is 440. The summed E-state index contributed by atoms with van der Waals surface area (Å²) in [6.45, 7) is 6.20. The quantitative estimate of drug-likeness (QED) is 0.509. The molecule has 0 radical (unpaired) electrons. The van der Waals surface area contributed by atoms with E-state index in [-0.39, 0.29) is 5.54 Å². The highest BCUT2D eigenvalue weighted by Crippen LogP contribution is 2.28. The Morgan fingerprint density at radius 2 is 1.89 bits per heavy atom. The lowest BCUT2D eigenvalue weighted by molar-refractivity contribution is -0.150. The largest absolute Gasteiger partial charge is 0.467 e. The van der Waals surface area contributed by atoms with Crippen LogP contribution in [0.2, 0.25) is 18.6 Å². The van der Waals surface area contributed by atoms with E-state index in [4.69, 9.17) is 0 Å². The molecule has 0 aliphatic carbocycles. The molecule has 3 nitrogen and oxygen atoms in total. The number of ether oxygens (including phenoxy) is 1. The summed E-state index contributed by atoms with van der Waals surface area (Å²) in [6.07, 6.45) is 2.69. The van der Waals surface area contributed by atoms with Crippen LogP contribution in [0.1, 0.15) is 6.92 Å². The topological polar surface area (TPSA) is 46.5 Å². The van der Waals surface area contributed by atoms with Crippen molar-refractivity contribution in [3.05, 3.63) is 42.5 Å². The van der Waals surface area contributed by atoms with Gasteiger partial charge in [-0.2, -0.15) is 0 Å². The van der Waals surface area contributed by atoms with E-state index < -0.39 is 20.1 Å². The molecule has 1 rings (SSSR count). The van der Waals surface area contributed by atoms with Gasteiger partial charge in [0.15, 0.2) is 6.10 Å². The number of rotatable bonds is 5. The van der Waals surface area contributed by atoms with Crippen LogP contribution in [0.15, 0.2) is 42.5 Å². The highest BCUT2D eigenvalue weighted by Gasteiger charge is 2.39. The molecule has 0 heterocycles. The Labute approximate surface area is 115 Å². The Kier molecular flexibility index (Phi) is 5.51. The first-order valence-corrected chi connectivity index (χ1v) is 9.47. The van der Waals surface area contributed by atoms with Gasteiger partial charge in [-0.3, -0.25) is 0 Å². The molecule has 4 heteroatoms. The van der Waals surface area contributed by atoms with Gasteiger partial charge in [0.25, 0.3) is 0 Å². The van der Waals surface area contributed by atoms with Crippen molar-refractivity contribution < 1.29 is 14.6 Å². The normalized spacial score (nSPS) is 15.2. The fourth-order valence-corrected chi connectivity index (χ4v) is 5.31. The summed E-state index contributed by atoms with van der Waals surface area (Å²) in [6, 6.07) is 10.1. The number of methoxy groups -OCH3 is 1. The molecule has 1 N–H and O–H groups in total. The van der Waals surface area contributed by atoms with Crippen LogP contribution < -0.4 is 5.19 Å². The Morgan fingerprint density at radius 1 is 1.32 bits per heavy atom. The summed E-state index contributed by atoms with van der Waals surface area (Å²) < 4.78 is 4.67. The highest BCUT2D eigenvalue weighted by molar-refractivity contribution is 6.91. The lowest BCUT2D eigenvalue weighted by Crippen LogP contribution is -2.51. The fourth-order valence-electron chi connectivity index (χ4n) is 2.28. The maximum absolute atomic E-state index is 11.6. The minimum Gasteiger partial charge on any atom is -0.467 e. The molecule has 0 aromatic heterocycles. The Morgan fingerprint density at radius 3 is 2.37 bits per heavy atom. The molecule has 0 saturated carbocycles. The summed E-state index contributed by atoms with van der Waals surface area (Å²) in [5, 5.41) is 11.4. The van der Waals surface area contributed by atoms with Gasteiger partial charge < -0.3 is 9.84 Å². The molecular formula is C15H22O3Si. The number of aliphatic hydroxyl groups excluding tert-OH is 1. The molecule has 104 valence electrons. The van der Waals surface area contributed by atoms with Gasteiger partial charge in [0.1, 0.15) is 0 Å². The van der Waals surface area contributed by atoms with Crippen LogP contribution in [0.25, 0.3) is 0 Å². The number of carbonyl (C=O) groups is 1. The molecule has 1 aromatic carbocycles. The molecule has 0 fully saturated rings. The van der Waals surface area contributed by atoms with E-state index in [1.807, 2.05) is 37.3 Å². The highest BCUT2D eigenvalue weighted by atomic mass is 28.3. The van der Waals surface area contributed by atoms with Gasteiger partial charge in [-0.15, -0.1) is 0 Å². The summed E-state index contributed by atoms with van der Waals surface area (Å²) in [5.74, 6) is -0.570. The van der Waals surface area contributed by atoms with E-state index in [1.165, 1.54) is 12.3 Å². The summed E-state index contributed by atoms with van der Waals surface area (Å²) in [4.78, 5) is 11.6. The molecule has 0 aliphatic heterocycles. The second kappa shape index (κ2) is 6.68. The van der Waals surface area contributed by atoms with Crippen molar-refractivity contribution in [2.24, 2.45) is 0 Å². The molecule has 0 spiro atoms. The van der Waals surface area contributed by atoms with Gasteiger partial charge >= 0.3 is 5.97 Å². The smallest absolute Gasteiger partial charge is 0.335 e. The monoisotopic (exact) mass is 278 g/mol. The Hall–Kier alpha value is -1.39. The Balaban J connectivity index is 3.14. The van der Waals surface area contributed by atoms with E-state index in [1.54, 1.807) is 0 Å². The lowest BCUT2D eigenvalue weighted by atomic mass is 10.2. The first-order chi connectivity index (χ1) is 8.95. The minimum atomic E-state index is -2.01. The molecule has 0 saturated heterocycles. The van der Waals surface area contributed by atoms with Crippen molar-refractivity contribution in [3.63, 3.8) is 0 Å². The zero-order valence-corrected chi connectivity index (χ0v) is 13.0. The minimum absolute atomic E-state index is 0.202. The standard InChI is InChI=1S/C15H22O3Si/c1-5-9-13(14(16)15(17)18-2)19(3,4)12-10-7-6-8-11-12/h5-11,13-14,16H,1-4H3/b9-5+/t13-,14+/m1/s1. The molecule has 0 aliphatic rings. The summed E-state index contributed by atoms with van der Waals surface area (Å²) >= 11 is 0. The van der Waals surface area contributed by atoms with E-state index in [0.29, 0.717) is 0 Å².